The summed E-state index contributed by atoms with van der Waals surface area (Å²) in [5.74, 6) is 0.407. The van der Waals surface area contributed by atoms with Crippen molar-refractivity contribution >= 4 is 44.0 Å². The van der Waals surface area contributed by atoms with Crippen molar-refractivity contribution in [2.75, 3.05) is 3.76 Å². The van der Waals surface area contributed by atoms with Crippen LogP contribution in [0.5, 0.6) is 0 Å². The molecule has 0 spiro atoms. The molecule has 0 fully saturated rings. The van der Waals surface area contributed by atoms with Gasteiger partial charge in [0.2, 0.25) is 0 Å². The first-order valence-electron chi connectivity index (χ1n) is 3.54. The highest BCUT2D eigenvalue weighted by Crippen LogP contribution is 2.15. The summed E-state index contributed by atoms with van der Waals surface area (Å²) in [7, 11) is -3.08. The maximum atomic E-state index is 11.4. The maximum Gasteiger partial charge on any atom is 0.187 e. The van der Waals surface area contributed by atoms with Gasteiger partial charge in [-0.2, -0.15) is 0 Å². The Bertz CT molecular complexity index is 372. The summed E-state index contributed by atoms with van der Waals surface area (Å²) >= 11 is 7.41. The fourth-order valence-corrected chi connectivity index (χ4v) is 2.78. The zero-order valence-corrected chi connectivity index (χ0v) is 10.4. The summed E-state index contributed by atoms with van der Waals surface area (Å²) in [4.78, 5) is 0.357. The number of halogens is 2. The molecule has 72 valence electrons. The van der Waals surface area contributed by atoms with Gasteiger partial charge in [0.1, 0.15) is 3.76 Å². The summed E-state index contributed by atoms with van der Waals surface area (Å²) < 4.78 is 22.8. The van der Waals surface area contributed by atoms with Crippen LogP contribution in [0, 0.1) is 0 Å². The van der Waals surface area contributed by atoms with E-state index >= 15 is 0 Å². The van der Waals surface area contributed by atoms with Gasteiger partial charge in [-0.3, -0.25) is 0 Å². The van der Waals surface area contributed by atoms with Gasteiger partial charge in [0.15, 0.2) is 9.84 Å². The van der Waals surface area contributed by atoms with E-state index in [0.717, 1.165) is 5.56 Å². The number of sulfone groups is 1. The van der Waals surface area contributed by atoms with Crippen LogP contribution in [0.1, 0.15) is 5.56 Å². The molecule has 0 aliphatic carbocycles. The Kier molecular flexibility index (Phi) is 4.00. The third-order valence-corrected chi connectivity index (χ3v) is 5.63. The van der Waals surface area contributed by atoms with Crippen LogP contribution in [-0.2, 0) is 15.7 Å². The summed E-state index contributed by atoms with van der Waals surface area (Å²) in [6.45, 7) is 0. The molecular weight excluding hydrogens is 323 g/mol. The minimum atomic E-state index is -3.08. The van der Waals surface area contributed by atoms with Gasteiger partial charge in [-0.1, -0.05) is 34.7 Å². The minimum Gasteiger partial charge on any atom is -0.223 e. The van der Waals surface area contributed by atoms with Crippen molar-refractivity contribution < 1.29 is 8.42 Å². The SMILES string of the molecule is O=S(=O)(CI)c1ccc(CCl)cc1. The predicted octanol–water partition coefficient (Wildman–Crippen LogP) is 2.59. The lowest BCUT2D eigenvalue weighted by Crippen LogP contribution is -2.01. The van der Waals surface area contributed by atoms with Crippen LogP contribution in [-0.4, -0.2) is 12.2 Å². The molecule has 0 bridgehead atoms. The van der Waals surface area contributed by atoms with Gasteiger partial charge in [0, 0.05) is 5.88 Å². The van der Waals surface area contributed by atoms with Crippen molar-refractivity contribution in [2.45, 2.75) is 10.8 Å². The van der Waals surface area contributed by atoms with Gasteiger partial charge < -0.3 is 0 Å². The zero-order chi connectivity index (χ0) is 9.90. The standard InChI is InChI=1S/C8H8ClIO2S/c9-5-7-1-3-8(4-2-7)13(11,12)6-10/h1-4H,5-6H2. The van der Waals surface area contributed by atoms with E-state index in [0.29, 0.717) is 10.8 Å². The largest absolute Gasteiger partial charge is 0.223 e. The maximum absolute atomic E-state index is 11.4. The average Bonchev–Trinajstić information content (AvgIpc) is 2.18. The molecule has 0 saturated heterocycles. The third kappa shape index (κ3) is 2.82. The molecule has 0 unspecified atom stereocenters. The van der Waals surface area contributed by atoms with Crippen LogP contribution in [0.15, 0.2) is 29.2 Å². The molecule has 0 radical (unpaired) electrons. The first kappa shape index (κ1) is 11.3. The van der Waals surface area contributed by atoms with Gasteiger partial charge >= 0.3 is 0 Å². The van der Waals surface area contributed by atoms with Crippen LogP contribution in [0.25, 0.3) is 0 Å². The van der Waals surface area contributed by atoms with Crippen LogP contribution in [0.3, 0.4) is 0 Å². The Morgan fingerprint density at radius 2 is 1.77 bits per heavy atom. The molecule has 1 rings (SSSR count). The van der Waals surface area contributed by atoms with E-state index in [9.17, 15) is 8.42 Å². The van der Waals surface area contributed by atoms with E-state index < -0.39 is 9.84 Å². The molecule has 0 atom stereocenters. The van der Waals surface area contributed by atoms with Crippen molar-refractivity contribution in [1.29, 1.82) is 0 Å². The molecule has 0 N–H and O–H groups in total. The van der Waals surface area contributed by atoms with E-state index in [1.165, 1.54) is 0 Å². The topological polar surface area (TPSA) is 34.1 Å². The van der Waals surface area contributed by atoms with Gasteiger partial charge in [-0.05, 0) is 17.7 Å². The Hall–Kier alpha value is 0.190. The summed E-state index contributed by atoms with van der Waals surface area (Å²) in [6, 6.07) is 6.63. The fourth-order valence-electron chi connectivity index (χ4n) is 0.849. The predicted molar refractivity (Wildman–Crippen MR) is 62.1 cm³/mol. The number of benzene rings is 1. The lowest BCUT2D eigenvalue weighted by Gasteiger charge is -2.00. The van der Waals surface area contributed by atoms with Crippen molar-refractivity contribution in [3.63, 3.8) is 0 Å². The minimum absolute atomic E-state index is 0.102. The highest BCUT2D eigenvalue weighted by atomic mass is 127. The van der Waals surface area contributed by atoms with Crippen molar-refractivity contribution in [3.8, 4) is 0 Å². The van der Waals surface area contributed by atoms with Gasteiger partial charge in [-0.15, -0.1) is 11.6 Å². The zero-order valence-electron chi connectivity index (χ0n) is 6.70. The monoisotopic (exact) mass is 330 g/mol. The second-order valence-electron chi connectivity index (χ2n) is 2.50. The van der Waals surface area contributed by atoms with Gasteiger partial charge in [0.25, 0.3) is 0 Å². The summed E-state index contributed by atoms with van der Waals surface area (Å²) in [5.41, 5.74) is 0.925. The lowest BCUT2D eigenvalue weighted by atomic mass is 10.2. The molecule has 13 heavy (non-hydrogen) atoms. The number of hydrogen-bond donors (Lipinski definition) is 0. The van der Waals surface area contributed by atoms with Crippen molar-refractivity contribution in [1.82, 2.24) is 0 Å². The van der Waals surface area contributed by atoms with E-state index in [2.05, 4.69) is 0 Å². The van der Waals surface area contributed by atoms with Crippen LogP contribution < -0.4 is 0 Å². The molecule has 0 aliphatic heterocycles. The molecule has 0 saturated carbocycles. The molecular formula is C8H8ClIO2S. The average molecular weight is 331 g/mol. The van der Waals surface area contributed by atoms with Crippen molar-refractivity contribution in [2.24, 2.45) is 0 Å². The quantitative estimate of drug-likeness (QED) is 0.630. The molecule has 0 aliphatic rings. The van der Waals surface area contributed by atoms with Crippen molar-refractivity contribution in [3.05, 3.63) is 29.8 Å². The second-order valence-corrected chi connectivity index (χ2v) is 6.56. The Balaban J connectivity index is 3.06. The number of alkyl halides is 2. The molecule has 0 heterocycles. The van der Waals surface area contributed by atoms with E-state index in [4.69, 9.17) is 11.6 Å². The van der Waals surface area contributed by atoms with E-state index in [1.54, 1.807) is 24.3 Å². The number of hydrogen-bond acceptors (Lipinski definition) is 2. The Labute approximate surface area is 96.4 Å². The molecule has 1 aromatic rings. The van der Waals surface area contributed by atoms with Gasteiger partial charge in [-0.25, -0.2) is 8.42 Å². The van der Waals surface area contributed by atoms with Crippen LogP contribution in [0.2, 0.25) is 0 Å². The van der Waals surface area contributed by atoms with Gasteiger partial charge in [0.05, 0.1) is 4.90 Å². The lowest BCUT2D eigenvalue weighted by molar-refractivity contribution is 0.601. The van der Waals surface area contributed by atoms with E-state index in [-0.39, 0.29) is 3.76 Å². The summed E-state index contributed by atoms with van der Waals surface area (Å²) in [5, 5.41) is 0. The smallest absolute Gasteiger partial charge is 0.187 e. The fraction of sp³-hybridized carbons (Fsp3) is 0.250. The highest BCUT2D eigenvalue weighted by Gasteiger charge is 2.11. The molecule has 0 amide bonds. The molecule has 5 heteroatoms. The highest BCUT2D eigenvalue weighted by molar-refractivity contribution is 14.1. The Morgan fingerprint density at radius 3 is 2.15 bits per heavy atom. The summed E-state index contributed by atoms with van der Waals surface area (Å²) in [6.07, 6.45) is 0. The van der Waals surface area contributed by atoms with Crippen LogP contribution >= 0.6 is 34.2 Å². The molecule has 1 aromatic carbocycles. The number of rotatable bonds is 3. The first-order valence-corrected chi connectivity index (χ1v) is 7.25. The Morgan fingerprint density at radius 1 is 1.23 bits per heavy atom. The molecule has 2 nitrogen and oxygen atoms in total. The van der Waals surface area contributed by atoms with Crippen LogP contribution in [0.4, 0.5) is 0 Å². The first-order chi connectivity index (χ1) is 6.10. The van der Waals surface area contributed by atoms with E-state index in [1.807, 2.05) is 22.6 Å². The third-order valence-electron chi connectivity index (χ3n) is 1.58. The normalized spacial score (nSPS) is 11.5. The molecule has 0 aromatic heterocycles. The second kappa shape index (κ2) is 4.61.